The van der Waals surface area contributed by atoms with Gasteiger partial charge in [0.2, 0.25) is 0 Å². The summed E-state index contributed by atoms with van der Waals surface area (Å²) in [5.41, 5.74) is 1.34. The van der Waals surface area contributed by atoms with E-state index in [1.54, 1.807) is 25.6 Å². The standard InChI is InChI=1S/C11H13FN4/c1-13-11(10-6-16(2)7-15-10)8-3-4-14-5-9(8)12/h3-7,11,13H,1-2H3. The van der Waals surface area contributed by atoms with Gasteiger partial charge in [-0.25, -0.2) is 9.37 Å². The van der Waals surface area contributed by atoms with Crippen LogP contribution in [0.2, 0.25) is 0 Å². The average molecular weight is 220 g/mol. The van der Waals surface area contributed by atoms with Crippen LogP contribution in [0.1, 0.15) is 17.3 Å². The lowest BCUT2D eigenvalue weighted by atomic mass is 10.1. The Morgan fingerprint density at radius 3 is 2.88 bits per heavy atom. The number of aryl methyl sites for hydroxylation is 1. The number of aromatic nitrogens is 3. The Kier molecular flexibility index (Phi) is 2.96. The fourth-order valence-electron chi connectivity index (χ4n) is 1.66. The molecule has 0 aromatic carbocycles. The van der Waals surface area contributed by atoms with Gasteiger partial charge in [-0.15, -0.1) is 0 Å². The van der Waals surface area contributed by atoms with Gasteiger partial charge in [-0.2, -0.15) is 0 Å². The van der Waals surface area contributed by atoms with Crippen LogP contribution in [-0.4, -0.2) is 21.6 Å². The maximum Gasteiger partial charge on any atom is 0.146 e. The molecule has 0 spiro atoms. The van der Waals surface area contributed by atoms with Crippen molar-refractivity contribution in [2.45, 2.75) is 6.04 Å². The summed E-state index contributed by atoms with van der Waals surface area (Å²) in [4.78, 5) is 7.95. The highest BCUT2D eigenvalue weighted by atomic mass is 19.1. The van der Waals surface area contributed by atoms with Crippen LogP contribution in [0.25, 0.3) is 0 Å². The molecule has 2 heterocycles. The second kappa shape index (κ2) is 4.40. The number of pyridine rings is 1. The quantitative estimate of drug-likeness (QED) is 0.846. The minimum atomic E-state index is -0.326. The highest BCUT2D eigenvalue weighted by Crippen LogP contribution is 2.21. The van der Waals surface area contributed by atoms with Gasteiger partial charge in [-0.05, 0) is 13.1 Å². The van der Waals surface area contributed by atoms with E-state index in [1.165, 1.54) is 6.20 Å². The minimum absolute atomic E-state index is 0.246. The summed E-state index contributed by atoms with van der Waals surface area (Å²) >= 11 is 0. The zero-order valence-corrected chi connectivity index (χ0v) is 9.18. The number of hydrogen-bond acceptors (Lipinski definition) is 3. The third-order valence-electron chi connectivity index (χ3n) is 2.42. The summed E-state index contributed by atoms with van der Waals surface area (Å²) in [7, 11) is 3.66. The molecule has 1 N–H and O–H groups in total. The van der Waals surface area contributed by atoms with E-state index in [-0.39, 0.29) is 11.9 Å². The second-order valence-electron chi connectivity index (χ2n) is 3.58. The Morgan fingerprint density at radius 1 is 1.50 bits per heavy atom. The van der Waals surface area contributed by atoms with Crippen molar-refractivity contribution < 1.29 is 4.39 Å². The third-order valence-corrected chi connectivity index (χ3v) is 2.42. The van der Waals surface area contributed by atoms with Gasteiger partial charge < -0.3 is 9.88 Å². The van der Waals surface area contributed by atoms with E-state index in [1.807, 2.05) is 17.8 Å². The molecule has 2 aromatic heterocycles. The smallest absolute Gasteiger partial charge is 0.146 e. The van der Waals surface area contributed by atoms with Crippen molar-refractivity contribution in [1.29, 1.82) is 0 Å². The molecule has 4 nitrogen and oxygen atoms in total. The number of imidazole rings is 1. The van der Waals surface area contributed by atoms with Crippen LogP contribution in [0.4, 0.5) is 4.39 Å². The van der Waals surface area contributed by atoms with Gasteiger partial charge in [0, 0.05) is 25.0 Å². The Bertz CT molecular complexity index is 480. The molecule has 0 aliphatic carbocycles. The van der Waals surface area contributed by atoms with Crippen molar-refractivity contribution in [3.63, 3.8) is 0 Å². The first-order valence-corrected chi connectivity index (χ1v) is 4.97. The largest absolute Gasteiger partial charge is 0.340 e. The van der Waals surface area contributed by atoms with Gasteiger partial charge in [-0.1, -0.05) is 0 Å². The van der Waals surface area contributed by atoms with E-state index in [2.05, 4.69) is 15.3 Å². The lowest BCUT2D eigenvalue weighted by molar-refractivity contribution is 0.566. The highest BCUT2D eigenvalue weighted by Gasteiger charge is 2.17. The lowest BCUT2D eigenvalue weighted by Gasteiger charge is -2.14. The molecule has 84 valence electrons. The summed E-state index contributed by atoms with van der Waals surface area (Å²) in [5.74, 6) is -0.326. The van der Waals surface area contributed by atoms with Crippen LogP contribution in [0.3, 0.4) is 0 Å². The summed E-state index contributed by atoms with van der Waals surface area (Å²) in [5, 5.41) is 3.05. The molecule has 5 heteroatoms. The summed E-state index contributed by atoms with van der Waals surface area (Å²) in [6.45, 7) is 0. The molecule has 1 unspecified atom stereocenters. The van der Waals surface area contributed by atoms with Crippen LogP contribution >= 0.6 is 0 Å². The number of hydrogen-bond donors (Lipinski definition) is 1. The predicted molar refractivity (Wildman–Crippen MR) is 58.3 cm³/mol. The summed E-state index contributed by atoms with van der Waals surface area (Å²) < 4.78 is 15.4. The molecule has 0 saturated heterocycles. The van der Waals surface area contributed by atoms with Crippen LogP contribution in [0.5, 0.6) is 0 Å². The van der Waals surface area contributed by atoms with E-state index in [9.17, 15) is 4.39 Å². The van der Waals surface area contributed by atoms with Crippen molar-refractivity contribution in [2.24, 2.45) is 7.05 Å². The average Bonchev–Trinajstić information content (AvgIpc) is 2.69. The molecular formula is C11H13FN4. The van der Waals surface area contributed by atoms with Gasteiger partial charge in [0.1, 0.15) is 5.82 Å². The lowest BCUT2D eigenvalue weighted by Crippen LogP contribution is -2.19. The molecule has 0 amide bonds. The van der Waals surface area contributed by atoms with Crippen LogP contribution < -0.4 is 5.32 Å². The molecule has 1 atom stereocenters. The van der Waals surface area contributed by atoms with Gasteiger partial charge in [0.15, 0.2) is 0 Å². The molecule has 0 bridgehead atoms. The number of nitrogens with zero attached hydrogens (tertiary/aromatic N) is 3. The number of rotatable bonds is 3. The summed E-state index contributed by atoms with van der Waals surface area (Å²) in [6.07, 6.45) is 6.34. The maximum absolute atomic E-state index is 13.6. The van der Waals surface area contributed by atoms with Gasteiger partial charge >= 0.3 is 0 Å². The van der Waals surface area contributed by atoms with Crippen LogP contribution in [-0.2, 0) is 7.05 Å². The molecular weight excluding hydrogens is 207 g/mol. The highest BCUT2D eigenvalue weighted by molar-refractivity contribution is 5.25. The van der Waals surface area contributed by atoms with Gasteiger partial charge in [0.05, 0.1) is 24.3 Å². The monoisotopic (exact) mass is 220 g/mol. The van der Waals surface area contributed by atoms with Crippen molar-refractivity contribution in [2.75, 3.05) is 7.05 Å². The van der Waals surface area contributed by atoms with Crippen LogP contribution in [0.15, 0.2) is 31.0 Å². The molecule has 0 aliphatic heterocycles. The van der Waals surface area contributed by atoms with Crippen LogP contribution in [0, 0.1) is 5.82 Å². The minimum Gasteiger partial charge on any atom is -0.340 e. The van der Waals surface area contributed by atoms with Gasteiger partial charge in [0.25, 0.3) is 0 Å². The predicted octanol–water partition coefficient (Wildman–Crippen LogP) is 1.26. The maximum atomic E-state index is 13.6. The molecule has 0 aliphatic rings. The number of halogens is 1. The first-order chi connectivity index (χ1) is 7.72. The molecule has 16 heavy (non-hydrogen) atoms. The zero-order valence-electron chi connectivity index (χ0n) is 9.18. The topological polar surface area (TPSA) is 42.7 Å². The Morgan fingerprint density at radius 2 is 2.31 bits per heavy atom. The van der Waals surface area contributed by atoms with E-state index in [0.717, 1.165) is 5.69 Å². The third kappa shape index (κ3) is 1.94. The normalized spacial score (nSPS) is 12.7. The Labute approximate surface area is 93.2 Å². The first-order valence-electron chi connectivity index (χ1n) is 4.97. The molecule has 2 aromatic rings. The second-order valence-corrected chi connectivity index (χ2v) is 3.58. The van der Waals surface area contributed by atoms with E-state index >= 15 is 0 Å². The molecule has 0 saturated carbocycles. The SMILES string of the molecule is CNC(c1cn(C)cn1)c1ccncc1F. The molecule has 0 fully saturated rings. The van der Waals surface area contributed by atoms with E-state index < -0.39 is 0 Å². The van der Waals surface area contributed by atoms with E-state index in [4.69, 9.17) is 0 Å². The summed E-state index contributed by atoms with van der Waals surface area (Å²) in [6, 6.07) is 1.41. The zero-order chi connectivity index (χ0) is 11.5. The van der Waals surface area contributed by atoms with Gasteiger partial charge in [-0.3, -0.25) is 4.98 Å². The molecule has 2 rings (SSSR count). The number of nitrogens with one attached hydrogen (secondary N) is 1. The Hall–Kier alpha value is -1.75. The fraction of sp³-hybridized carbons (Fsp3) is 0.273. The van der Waals surface area contributed by atoms with E-state index in [0.29, 0.717) is 5.56 Å². The van der Waals surface area contributed by atoms with Crippen molar-refractivity contribution in [3.8, 4) is 0 Å². The first kappa shape index (κ1) is 10.8. The van der Waals surface area contributed by atoms with Crippen molar-refractivity contribution in [3.05, 3.63) is 48.1 Å². The molecule has 0 radical (unpaired) electrons. The fourth-order valence-corrected chi connectivity index (χ4v) is 1.66. The van der Waals surface area contributed by atoms with Crippen molar-refractivity contribution >= 4 is 0 Å². The van der Waals surface area contributed by atoms with Crippen molar-refractivity contribution in [1.82, 2.24) is 19.9 Å². The Balaban J connectivity index is 2.40.